The van der Waals surface area contributed by atoms with Crippen LogP contribution in [0.25, 0.3) is 11.3 Å². The van der Waals surface area contributed by atoms with E-state index in [9.17, 15) is 4.79 Å². The van der Waals surface area contributed by atoms with Gasteiger partial charge in [-0.05, 0) is 63.4 Å². The molecule has 1 saturated heterocycles. The highest BCUT2D eigenvalue weighted by Gasteiger charge is 2.28. The summed E-state index contributed by atoms with van der Waals surface area (Å²) in [4.78, 5) is 20.7. The number of likely N-dealkylation sites (tertiary alicyclic amines) is 1. The van der Waals surface area contributed by atoms with Gasteiger partial charge in [0.05, 0.1) is 36.5 Å². The zero-order valence-corrected chi connectivity index (χ0v) is 23.3. The lowest BCUT2D eigenvalue weighted by molar-refractivity contribution is 0.0924. The second-order valence-electron chi connectivity index (χ2n) is 10.3. The molecule has 3 aromatic rings. The van der Waals surface area contributed by atoms with Crippen LogP contribution in [0.15, 0.2) is 35.8 Å². The molecule has 204 valence electrons. The van der Waals surface area contributed by atoms with E-state index in [0.717, 1.165) is 61.6 Å². The van der Waals surface area contributed by atoms with Gasteiger partial charge in [0.25, 0.3) is 5.91 Å². The van der Waals surface area contributed by atoms with E-state index in [-0.39, 0.29) is 18.0 Å². The lowest BCUT2D eigenvalue weighted by Gasteiger charge is -2.28. The molecule has 5 rings (SSSR count). The molecule has 0 unspecified atom stereocenters. The maximum atomic E-state index is 13.7. The highest BCUT2D eigenvalue weighted by Crippen LogP contribution is 2.41. The normalized spacial score (nSPS) is 17.4. The maximum absolute atomic E-state index is 13.7. The zero-order valence-electron chi connectivity index (χ0n) is 22.5. The number of piperidine rings is 1. The SMILES string of the molecule is COc1cccc(OC)c1-c1cc(C(=O)N[C@@H](CCN2CCCCC2)Cc2nccs2)nn1C1CCCC1. The summed E-state index contributed by atoms with van der Waals surface area (Å²) in [5, 5.41) is 11.2. The molecule has 8 nitrogen and oxygen atoms in total. The topological polar surface area (TPSA) is 81.5 Å². The summed E-state index contributed by atoms with van der Waals surface area (Å²) in [5.74, 6) is 1.27. The van der Waals surface area contributed by atoms with Gasteiger partial charge in [-0.15, -0.1) is 11.3 Å². The fourth-order valence-electron chi connectivity index (χ4n) is 5.79. The second-order valence-corrected chi connectivity index (χ2v) is 11.3. The van der Waals surface area contributed by atoms with Gasteiger partial charge in [0, 0.05) is 30.6 Å². The molecule has 3 heterocycles. The Labute approximate surface area is 229 Å². The number of hydrogen-bond acceptors (Lipinski definition) is 7. The van der Waals surface area contributed by atoms with Crippen molar-refractivity contribution < 1.29 is 14.3 Å². The van der Waals surface area contributed by atoms with Gasteiger partial charge in [0.1, 0.15) is 11.5 Å². The molecular formula is C29H39N5O3S. The number of carbonyl (C=O) groups excluding carboxylic acids is 1. The van der Waals surface area contributed by atoms with Gasteiger partial charge in [-0.3, -0.25) is 9.48 Å². The van der Waals surface area contributed by atoms with Crippen LogP contribution in [0, 0.1) is 0 Å². The van der Waals surface area contributed by atoms with Crippen LogP contribution < -0.4 is 14.8 Å². The smallest absolute Gasteiger partial charge is 0.272 e. The largest absolute Gasteiger partial charge is 0.496 e. The van der Waals surface area contributed by atoms with E-state index in [0.29, 0.717) is 17.2 Å². The average Bonchev–Trinajstić information content (AvgIpc) is 3.74. The predicted octanol–water partition coefficient (Wildman–Crippen LogP) is 5.36. The van der Waals surface area contributed by atoms with Crippen molar-refractivity contribution in [1.82, 2.24) is 25.0 Å². The number of benzene rings is 1. The summed E-state index contributed by atoms with van der Waals surface area (Å²) in [6.07, 6.45) is 11.7. The van der Waals surface area contributed by atoms with Crippen LogP contribution in [0.4, 0.5) is 0 Å². The van der Waals surface area contributed by atoms with Crippen molar-refractivity contribution >= 4 is 17.2 Å². The molecule has 1 aliphatic carbocycles. The van der Waals surface area contributed by atoms with Gasteiger partial charge in [0.15, 0.2) is 5.69 Å². The Bertz CT molecular complexity index is 1160. The number of aromatic nitrogens is 3. The van der Waals surface area contributed by atoms with Crippen molar-refractivity contribution in [2.45, 2.75) is 69.9 Å². The van der Waals surface area contributed by atoms with Crippen LogP contribution >= 0.6 is 11.3 Å². The number of methoxy groups -OCH3 is 2. The van der Waals surface area contributed by atoms with Gasteiger partial charge < -0.3 is 19.7 Å². The Morgan fingerprint density at radius 3 is 2.50 bits per heavy atom. The van der Waals surface area contributed by atoms with E-state index >= 15 is 0 Å². The van der Waals surface area contributed by atoms with Gasteiger partial charge in [-0.1, -0.05) is 25.3 Å². The van der Waals surface area contributed by atoms with Crippen molar-refractivity contribution in [2.24, 2.45) is 0 Å². The first-order valence-electron chi connectivity index (χ1n) is 13.9. The zero-order chi connectivity index (χ0) is 26.3. The molecule has 1 saturated carbocycles. The number of ether oxygens (including phenoxy) is 2. The second kappa shape index (κ2) is 12.8. The minimum Gasteiger partial charge on any atom is -0.496 e. The number of nitrogens with one attached hydrogen (secondary N) is 1. The maximum Gasteiger partial charge on any atom is 0.272 e. The minimum atomic E-state index is -0.142. The molecule has 2 fully saturated rings. The summed E-state index contributed by atoms with van der Waals surface area (Å²) < 4.78 is 13.5. The Morgan fingerprint density at radius 2 is 1.84 bits per heavy atom. The predicted molar refractivity (Wildman–Crippen MR) is 150 cm³/mol. The van der Waals surface area contributed by atoms with Crippen LogP contribution in [-0.4, -0.2) is 65.5 Å². The molecular weight excluding hydrogens is 498 g/mol. The highest BCUT2D eigenvalue weighted by atomic mass is 32.1. The number of thiazole rings is 1. The molecule has 1 atom stereocenters. The van der Waals surface area contributed by atoms with Crippen molar-refractivity contribution in [2.75, 3.05) is 33.9 Å². The molecule has 38 heavy (non-hydrogen) atoms. The Morgan fingerprint density at radius 1 is 1.11 bits per heavy atom. The third kappa shape index (κ3) is 6.21. The van der Waals surface area contributed by atoms with Crippen LogP contribution in [0.3, 0.4) is 0 Å². The fourth-order valence-corrected chi connectivity index (χ4v) is 6.49. The lowest BCUT2D eigenvalue weighted by Crippen LogP contribution is -2.40. The summed E-state index contributed by atoms with van der Waals surface area (Å²) in [7, 11) is 3.32. The van der Waals surface area contributed by atoms with E-state index in [1.54, 1.807) is 25.6 Å². The van der Waals surface area contributed by atoms with E-state index in [4.69, 9.17) is 14.6 Å². The van der Waals surface area contributed by atoms with Crippen molar-refractivity contribution in [3.8, 4) is 22.8 Å². The number of carbonyl (C=O) groups is 1. The van der Waals surface area contributed by atoms with Gasteiger partial charge >= 0.3 is 0 Å². The van der Waals surface area contributed by atoms with Crippen LogP contribution in [0.1, 0.15) is 72.9 Å². The highest BCUT2D eigenvalue weighted by molar-refractivity contribution is 7.09. The molecule has 1 aliphatic heterocycles. The standard InChI is InChI=1S/C29H39N5O3S/c1-36-25-11-8-12-26(37-2)28(25)24-20-23(32-34(24)22-9-4-5-10-22)29(35)31-21(19-27-30-14-18-38-27)13-17-33-15-6-3-7-16-33/h8,11-12,14,18,20-22H,3-7,9-10,13,15-17,19H2,1-2H3,(H,31,35)/t21-/m0/s1. The third-order valence-corrected chi connectivity index (χ3v) is 8.61. The first-order chi connectivity index (χ1) is 18.7. The molecule has 9 heteroatoms. The van der Waals surface area contributed by atoms with Crippen molar-refractivity contribution in [1.29, 1.82) is 0 Å². The summed E-state index contributed by atoms with van der Waals surface area (Å²) in [6.45, 7) is 3.28. The minimum absolute atomic E-state index is 0.00328. The monoisotopic (exact) mass is 537 g/mol. The first-order valence-corrected chi connectivity index (χ1v) is 14.8. The number of amides is 1. The Hall–Kier alpha value is -2.91. The fraction of sp³-hybridized carbons (Fsp3) is 0.552. The van der Waals surface area contributed by atoms with Crippen LogP contribution in [-0.2, 0) is 6.42 Å². The summed E-state index contributed by atoms with van der Waals surface area (Å²) in [5.41, 5.74) is 2.13. The van der Waals surface area contributed by atoms with Crippen LogP contribution in [0.2, 0.25) is 0 Å². The molecule has 0 spiro atoms. The molecule has 0 bridgehead atoms. The van der Waals surface area contributed by atoms with Gasteiger partial charge in [0.2, 0.25) is 0 Å². The molecule has 1 amide bonds. The van der Waals surface area contributed by atoms with E-state index in [1.807, 2.05) is 40.5 Å². The van der Waals surface area contributed by atoms with E-state index in [1.165, 1.54) is 32.1 Å². The van der Waals surface area contributed by atoms with Crippen LogP contribution in [0.5, 0.6) is 11.5 Å². The summed E-state index contributed by atoms with van der Waals surface area (Å²) >= 11 is 1.64. The third-order valence-electron chi connectivity index (χ3n) is 7.81. The number of rotatable bonds is 11. The molecule has 1 aromatic carbocycles. The quantitative estimate of drug-likeness (QED) is 0.355. The van der Waals surface area contributed by atoms with E-state index in [2.05, 4.69) is 15.2 Å². The molecule has 2 aliphatic rings. The Balaban J connectivity index is 1.41. The van der Waals surface area contributed by atoms with E-state index < -0.39 is 0 Å². The van der Waals surface area contributed by atoms with Gasteiger partial charge in [-0.2, -0.15) is 5.10 Å². The number of nitrogens with zero attached hydrogens (tertiary/aromatic N) is 4. The molecule has 1 N–H and O–H groups in total. The van der Waals surface area contributed by atoms with Crippen molar-refractivity contribution in [3.05, 3.63) is 46.5 Å². The molecule has 2 aromatic heterocycles. The first kappa shape index (κ1) is 26.7. The average molecular weight is 538 g/mol. The Kier molecular flexibility index (Phi) is 8.96. The number of hydrogen-bond donors (Lipinski definition) is 1. The van der Waals surface area contributed by atoms with Gasteiger partial charge in [-0.25, -0.2) is 4.98 Å². The summed E-state index contributed by atoms with van der Waals surface area (Å²) in [6, 6.07) is 7.92. The lowest BCUT2D eigenvalue weighted by atomic mass is 10.1. The van der Waals surface area contributed by atoms with Crippen molar-refractivity contribution in [3.63, 3.8) is 0 Å². The molecule has 0 radical (unpaired) electrons.